The molecule has 18 heteroatoms. The van der Waals surface area contributed by atoms with Crippen molar-refractivity contribution in [1.82, 2.24) is 41.2 Å². The molecule has 5 N–H and O–H groups in total. The van der Waals surface area contributed by atoms with Crippen LogP contribution in [-0.4, -0.2) is 105 Å². The van der Waals surface area contributed by atoms with Crippen LogP contribution in [0.4, 0.5) is 0 Å². The van der Waals surface area contributed by atoms with Crippen LogP contribution in [0, 0.1) is 11.8 Å². The minimum atomic E-state index is -1.02. The second kappa shape index (κ2) is 38.1. The second-order valence-electron chi connectivity index (χ2n) is 29.7. The lowest BCUT2D eigenvalue weighted by atomic mass is 9.86. The monoisotopic (exact) mass is 1380 g/mol. The van der Waals surface area contributed by atoms with Gasteiger partial charge in [0, 0.05) is 84.1 Å². The number of esters is 1. The molecule has 540 valence electrons. The van der Waals surface area contributed by atoms with Gasteiger partial charge in [-0.1, -0.05) is 179 Å². The first-order valence-electron chi connectivity index (χ1n) is 35.6. The van der Waals surface area contributed by atoms with Gasteiger partial charge in [-0.25, -0.2) is 19.9 Å². The summed E-state index contributed by atoms with van der Waals surface area (Å²) in [5.41, 5.74) is 9.42. The number of hydrogen-bond donors (Lipinski definition) is 5. The predicted octanol–water partition coefficient (Wildman–Crippen LogP) is 15.7. The van der Waals surface area contributed by atoms with Crippen LogP contribution < -0.4 is 30.7 Å². The van der Waals surface area contributed by atoms with E-state index in [4.69, 9.17) is 19.3 Å². The molecule has 0 aliphatic carbocycles. The number of carboxylic acids is 1. The molecular formula is C84H104N8O10. The number of amides is 4. The number of carboxylic acid groups (broad SMARTS) is 1. The number of aliphatic carboxylic acids is 1. The van der Waals surface area contributed by atoms with Crippen LogP contribution in [0.3, 0.4) is 0 Å². The Kier molecular flexibility index (Phi) is 29.6. The molecule has 2 aromatic heterocycles. The summed E-state index contributed by atoms with van der Waals surface area (Å²) < 4.78 is 17.2. The van der Waals surface area contributed by atoms with Crippen LogP contribution in [0.5, 0.6) is 11.5 Å². The van der Waals surface area contributed by atoms with E-state index in [2.05, 4.69) is 110 Å². The third kappa shape index (κ3) is 26.8. The Morgan fingerprint density at radius 3 is 1.09 bits per heavy atom. The number of nitrogens with one attached hydrogen (secondary N) is 4. The van der Waals surface area contributed by atoms with E-state index in [-0.39, 0.29) is 61.4 Å². The van der Waals surface area contributed by atoms with Gasteiger partial charge in [0.1, 0.15) is 29.2 Å². The van der Waals surface area contributed by atoms with Crippen molar-refractivity contribution in [3.05, 3.63) is 204 Å². The molecule has 0 bridgehead atoms. The van der Waals surface area contributed by atoms with Gasteiger partial charge in [0.2, 0.25) is 11.8 Å². The highest BCUT2D eigenvalue weighted by molar-refractivity contribution is 5.98. The lowest BCUT2D eigenvalue weighted by Crippen LogP contribution is -2.48. The number of ether oxygens (including phenoxy) is 3. The minimum absolute atomic E-state index is 0.0177. The van der Waals surface area contributed by atoms with Gasteiger partial charge in [-0.3, -0.25) is 28.8 Å². The van der Waals surface area contributed by atoms with Gasteiger partial charge in [0.15, 0.2) is 11.6 Å². The van der Waals surface area contributed by atoms with Gasteiger partial charge in [-0.2, -0.15) is 0 Å². The van der Waals surface area contributed by atoms with Crippen LogP contribution in [-0.2, 0) is 47.6 Å². The van der Waals surface area contributed by atoms with E-state index in [1.165, 1.54) is 25.7 Å². The number of hydrogen-bond acceptors (Lipinski definition) is 13. The number of aromatic nitrogens is 4. The first-order chi connectivity index (χ1) is 48.5. The topological polar surface area (TPSA) is 250 Å². The predicted molar refractivity (Wildman–Crippen MR) is 403 cm³/mol. The summed E-state index contributed by atoms with van der Waals surface area (Å²) in [5.74, 6) is 1.25. The van der Waals surface area contributed by atoms with E-state index >= 15 is 0 Å². The largest absolute Gasteiger partial charge is 0.494 e. The first-order valence-corrected chi connectivity index (χ1v) is 35.6. The molecule has 6 aromatic carbocycles. The van der Waals surface area contributed by atoms with Gasteiger partial charge in [-0.05, 0) is 151 Å². The van der Waals surface area contributed by atoms with Gasteiger partial charge in [0.05, 0.1) is 26.1 Å². The molecule has 0 saturated carbocycles. The fourth-order valence-electron chi connectivity index (χ4n) is 10.8. The summed E-state index contributed by atoms with van der Waals surface area (Å²) in [6.07, 6.45) is 14.3. The molecule has 102 heavy (non-hydrogen) atoms. The van der Waals surface area contributed by atoms with E-state index in [1.807, 2.05) is 121 Å². The Hall–Kier alpha value is -10.1. The number of benzene rings is 6. The number of carbonyl (C=O) groups excluding carboxylic acids is 5. The van der Waals surface area contributed by atoms with E-state index in [0.29, 0.717) is 47.8 Å². The van der Waals surface area contributed by atoms with Crippen LogP contribution in [0.1, 0.15) is 184 Å². The summed E-state index contributed by atoms with van der Waals surface area (Å²) in [7, 11) is 0. The number of unbranched alkanes of at least 4 members (excludes halogenated alkanes) is 2. The van der Waals surface area contributed by atoms with Gasteiger partial charge in [-0.15, -0.1) is 0 Å². The van der Waals surface area contributed by atoms with Crippen molar-refractivity contribution < 1.29 is 48.1 Å². The molecule has 0 aliphatic heterocycles. The highest BCUT2D eigenvalue weighted by atomic mass is 16.6. The fraction of sp³-hybridized carbons (Fsp3) is 0.405. The lowest BCUT2D eigenvalue weighted by molar-refractivity contribution is -0.154. The standard InChI is InChI=1S/C44H56N4O5.C40H48N4O5/c1-30(2)11-9-10-26-52-37-22-18-32(19-23-37)35-28-46-40(47-29-35)33-14-12-31(13-15-33)27-38(42(51)45-25-24-39(49)53-44(6,7)8)48-41(50)34-16-20-36(21-17-34)43(3,4)5;1-27(2)8-6-7-23-49-34-19-15-29(16-20-34)32-25-42-37(43-26-32)30-11-9-28(10-12-30)24-35(39(48)41-22-21-36(45)46)44-38(47)31-13-17-33(18-14-31)40(3,4)5/h12-23,28-30,38H,9-11,24-27H2,1-8H3,(H,45,51)(H,48,50);9-20,25-27,35H,6-8,21-24H2,1-5H3,(H,41,48)(H,44,47)(H,45,46)/t38-;35-/m00/s1. The fourth-order valence-corrected chi connectivity index (χ4v) is 10.8. The molecule has 2 atom stereocenters. The van der Waals surface area contributed by atoms with Crippen molar-refractivity contribution in [3.8, 4) is 56.5 Å². The van der Waals surface area contributed by atoms with Crippen molar-refractivity contribution in [2.24, 2.45) is 11.8 Å². The molecule has 2 heterocycles. The number of nitrogens with zero attached hydrogens (tertiary/aromatic N) is 4. The van der Waals surface area contributed by atoms with E-state index < -0.39 is 41.4 Å². The zero-order valence-corrected chi connectivity index (χ0v) is 61.8. The minimum Gasteiger partial charge on any atom is -0.494 e. The molecule has 8 aromatic rings. The number of carbonyl (C=O) groups is 6. The van der Waals surface area contributed by atoms with Gasteiger partial charge < -0.3 is 40.6 Å². The second-order valence-corrected chi connectivity index (χ2v) is 29.7. The maximum atomic E-state index is 13.4. The first kappa shape index (κ1) is 79.2. The molecule has 0 saturated heterocycles. The van der Waals surface area contributed by atoms with Crippen LogP contribution >= 0.6 is 0 Å². The zero-order chi connectivity index (χ0) is 74.0. The molecule has 0 fully saturated rings. The molecule has 0 radical (unpaired) electrons. The van der Waals surface area contributed by atoms with Crippen LogP contribution in [0.15, 0.2) is 170 Å². The summed E-state index contributed by atoms with van der Waals surface area (Å²) >= 11 is 0. The Morgan fingerprint density at radius 2 is 0.765 bits per heavy atom. The normalized spacial score (nSPS) is 12.1. The molecule has 0 aliphatic rings. The van der Waals surface area contributed by atoms with Crippen molar-refractivity contribution in [2.45, 2.75) is 183 Å². The molecule has 0 spiro atoms. The van der Waals surface area contributed by atoms with E-state index in [1.54, 1.807) is 69.8 Å². The Balaban J connectivity index is 0.000000287. The average Bonchev–Trinajstić information content (AvgIpc) is 1.02. The van der Waals surface area contributed by atoms with Crippen LogP contribution in [0.2, 0.25) is 0 Å². The third-order valence-corrected chi connectivity index (χ3v) is 16.8. The smallest absolute Gasteiger partial charge is 0.308 e. The van der Waals surface area contributed by atoms with Crippen molar-refractivity contribution in [1.29, 1.82) is 0 Å². The average molecular weight is 1390 g/mol. The summed E-state index contributed by atoms with van der Waals surface area (Å²) in [6, 6.07) is 44.0. The molecule has 0 unspecified atom stereocenters. The molecular weight excluding hydrogens is 1280 g/mol. The highest BCUT2D eigenvalue weighted by Gasteiger charge is 2.26. The zero-order valence-electron chi connectivity index (χ0n) is 61.8. The number of rotatable bonds is 32. The van der Waals surface area contributed by atoms with Gasteiger partial charge >= 0.3 is 11.9 Å². The van der Waals surface area contributed by atoms with Crippen molar-refractivity contribution in [3.63, 3.8) is 0 Å². The van der Waals surface area contributed by atoms with Gasteiger partial charge in [0.25, 0.3) is 11.8 Å². The Bertz CT molecular complexity index is 3950. The molecule has 8 rings (SSSR count). The van der Waals surface area contributed by atoms with Crippen molar-refractivity contribution >= 4 is 35.6 Å². The summed E-state index contributed by atoms with van der Waals surface area (Å²) in [5, 5.41) is 20.2. The Morgan fingerprint density at radius 1 is 0.422 bits per heavy atom. The maximum Gasteiger partial charge on any atom is 0.308 e. The summed E-state index contributed by atoms with van der Waals surface area (Å²) in [4.78, 5) is 94.6. The summed E-state index contributed by atoms with van der Waals surface area (Å²) in [6.45, 7) is 28.4. The lowest BCUT2D eigenvalue weighted by Gasteiger charge is -2.21. The Labute approximate surface area is 603 Å². The highest BCUT2D eigenvalue weighted by Crippen LogP contribution is 2.28. The van der Waals surface area contributed by atoms with E-state index in [0.717, 1.165) is 80.0 Å². The molecule has 18 nitrogen and oxygen atoms in total. The quantitative estimate of drug-likeness (QED) is 0.0194. The van der Waals surface area contributed by atoms with Crippen molar-refractivity contribution in [2.75, 3.05) is 26.3 Å². The third-order valence-electron chi connectivity index (χ3n) is 16.8. The molecule has 4 amide bonds. The van der Waals surface area contributed by atoms with E-state index in [9.17, 15) is 28.8 Å². The maximum absolute atomic E-state index is 13.4. The SMILES string of the molecule is CC(C)CCCCOc1ccc(-c2cnc(-c3ccc(C[C@H](NC(=O)c4ccc(C(C)(C)C)cc4)C(=O)NCCC(=O)O)cc3)nc2)cc1.CC(C)CCCCOc1ccc(-c2cnc(-c3ccc(C[C@H](NC(=O)c4ccc(C(C)(C)C)cc4)C(=O)NCCC(=O)OC(C)(C)C)cc3)nc2)cc1. The van der Waals surface area contributed by atoms with Crippen LogP contribution in [0.25, 0.3) is 45.0 Å².